The fourth-order valence-corrected chi connectivity index (χ4v) is 4.75. The Morgan fingerprint density at radius 1 is 1.03 bits per heavy atom. The highest BCUT2D eigenvalue weighted by molar-refractivity contribution is 7.89. The summed E-state index contributed by atoms with van der Waals surface area (Å²) in [6, 6.07) is 8.20. The van der Waals surface area contributed by atoms with E-state index in [-0.39, 0.29) is 10.8 Å². The lowest BCUT2D eigenvalue weighted by Crippen LogP contribution is -2.43. The van der Waals surface area contributed by atoms with E-state index in [1.54, 1.807) is 13.1 Å². The zero-order valence-electron chi connectivity index (χ0n) is 16.9. The average molecular weight is 485 g/mol. The van der Waals surface area contributed by atoms with Crippen molar-refractivity contribution in [1.82, 2.24) is 9.62 Å². The number of anilines is 2. The van der Waals surface area contributed by atoms with Gasteiger partial charge in [-0.15, -0.1) is 0 Å². The van der Waals surface area contributed by atoms with Gasteiger partial charge in [-0.2, -0.15) is 0 Å². The summed E-state index contributed by atoms with van der Waals surface area (Å²) in [5.74, 6) is -0.753. The number of rotatable bonds is 6. The topological polar surface area (TPSA) is 108 Å². The van der Waals surface area contributed by atoms with Crippen molar-refractivity contribution < 1.29 is 18.0 Å². The smallest absolute Gasteiger partial charge is 0.254 e. The van der Waals surface area contributed by atoms with Crippen LogP contribution in [0.1, 0.15) is 23.2 Å². The Balaban J connectivity index is 1.85. The van der Waals surface area contributed by atoms with Crippen LogP contribution in [-0.2, 0) is 14.8 Å². The predicted molar refractivity (Wildman–Crippen MR) is 121 cm³/mol. The summed E-state index contributed by atoms with van der Waals surface area (Å²) in [6.07, 6.45) is 1.14. The van der Waals surface area contributed by atoms with Gasteiger partial charge < -0.3 is 15.5 Å². The molecule has 166 valence electrons. The SMILES string of the molecule is CNc1ccc(S(=O)(=O)NC)cc1NC(=O)C1CCCN1C(=O)c1cc(Cl)cc(Cl)c1. The van der Waals surface area contributed by atoms with E-state index in [1.165, 1.54) is 42.3 Å². The van der Waals surface area contributed by atoms with Gasteiger partial charge in [0.1, 0.15) is 6.04 Å². The zero-order chi connectivity index (χ0) is 22.8. The molecule has 1 heterocycles. The maximum atomic E-state index is 13.0. The highest BCUT2D eigenvalue weighted by atomic mass is 35.5. The summed E-state index contributed by atoms with van der Waals surface area (Å²) in [4.78, 5) is 27.5. The van der Waals surface area contributed by atoms with Gasteiger partial charge in [-0.3, -0.25) is 9.59 Å². The predicted octanol–water partition coefficient (Wildman–Crippen LogP) is 3.19. The maximum absolute atomic E-state index is 13.0. The first-order valence-electron chi connectivity index (χ1n) is 9.49. The molecule has 1 aliphatic heterocycles. The first-order valence-corrected chi connectivity index (χ1v) is 11.7. The van der Waals surface area contributed by atoms with Gasteiger partial charge in [0.25, 0.3) is 5.91 Å². The highest BCUT2D eigenvalue weighted by Crippen LogP contribution is 2.28. The molecule has 0 spiro atoms. The van der Waals surface area contributed by atoms with Crippen molar-refractivity contribution in [2.45, 2.75) is 23.8 Å². The van der Waals surface area contributed by atoms with E-state index < -0.39 is 22.0 Å². The average Bonchev–Trinajstić information content (AvgIpc) is 3.22. The first kappa shape index (κ1) is 23.3. The molecular weight excluding hydrogens is 463 g/mol. The van der Waals surface area contributed by atoms with Crippen molar-refractivity contribution in [3.8, 4) is 0 Å². The van der Waals surface area contributed by atoms with Crippen LogP contribution in [0.3, 0.4) is 0 Å². The molecule has 2 amide bonds. The number of hydrogen-bond donors (Lipinski definition) is 3. The Hall–Kier alpha value is -2.33. The van der Waals surface area contributed by atoms with E-state index in [2.05, 4.69) is 15.4 Å². The molecule has 1 fully saturated rings. The quantitative estimate of drug-likeness (QED) is 0.583. The number of carbonyl (C=O) groups is 2. The molecule has 1 aliphatic rings. The van der Waals surface area contributed by atoms with Crippen LogP contribution in [0.25, 0.3) is 0 Å². The van der Waals surface area contributed by atoms with Crippen LogP contribution in [-0.4, -0.2) is 51.8 Å². The van der Waals surface area contributed by atoms with Crippen LogP contribution in [0.5, 0.6) is 0 Å². The van der Waals surface area contributed by atoms with E-state index in [1.807, 2.05) is 0 Å². The second kappa shape index (κ2) is 9.44. The van der Waals surface area contributed by atoms with Gasteiger partial charge in [-0.05, 0) is 56.3 Å². The third kappa shape index (κ3) is 5.12. The number of likely N-dealkylation sites (tertiary alicyclic amines) is 1. The lowest BCUT2D eigenvalue weighted by atomic mass is 10.1. The van der Waals surface area contributed by atoms with Crippen molar-refractivity contribution >= 4 is 56.4 Å². The number of hydrogen-bond acceptors (Lipinski definition) is 5. The summed E-state index contributed by atoms with van der Waals surface area (Å²) >= 11 is 12.0. The van der Waals surface area contributed by atoms with Gasteiger partial charge in [-0.25, -0.2) is 13.1 Å². The second-order valence-corrected chi connectivity index (χ2v) is 9.73. The van der Waals surface area contributed by atoms with Gasteiger partial charge in [0, 0.05) is 29.2 Å². The van der Waals surface area contributed by atoms with Crippen molar-refractivity contribution in [3.05, 3.63) is 52.0 Å². The van der Waals surface area contributed by atoms with Crippen LogP contribution >= 0.6 is 23.2 Å². The Labute approximate surface area is 191 Å². The van der Waals surface area contributed by atoms with E-state index >= 15 is 0 Å². The fourth-order valence-electron chi connectivity index (χ4n) is 3.47. The maximum Gasteiger partial charge on any atom is 0.254 e. The largest absolute Gasteiger partial charge is 0.386 e. The van der Waals surface area contributed by atoms with Crippen LogP contribution < -0.4 is 15.4 Å². The normalized spacial score (nSPS) is 16.3. The van der Waals surface area contributed by atoms with Gasteiger partial charge >= 0.3 is 0 Å². The van der Waals surface area contributed by atoms with E-state index in [9.17, 15) is 18.0 Å². The molecule has 2 aromatic rings. The Morgan fingerprint density at radius 2 is 1.71 bits per heavy atom. The lowest BCUT2D eigenvalue weighted by Gasteiger charge is -2.25. The van der Waals surface area contributed by atoms with Crippen molar-refractivity contribution in [2.75, 3.05) is 31.3 Å². The Kier molecular flexibility index (Phi) is 7.10. The lowest BCUT2D eigenvalue weighted by molar-refractivity contribution is -0.119. The van der Waals surface area contributed by atoms with E-state index in [0.717, 1.165) is 0 Å². The highest BCUT2D eigenvalue weighted by Gasteiger charge is 2.35. The number of halogens is 2. The molecule has 11 heteroatoms. The number of carbonyl (C=O) groups excluding carboxylic acids is 2. The molecule has 2 aromatic carbocycles. The van der Waals surface area contributed by atoms with E-state index in [0.29, 0.717) is 46.4 Å². The van der Waals surface area contributed by atoms with Crippen molar-refractivity contribution in [3.63, 3.8) is 0 Å². The van der Waals surface area contributed by atoms with Crippen LogP contribution in [0, 0.1) is 0 Å². The molecule has 3 N–H and O–H groups in total. The van der Waals surface area contributed by atoms with Gasteiger partial charge in [-0.1, -0.05) is 23.2 Å². The summed E-state index contributed by atoms with van der Waals surface area (Å²) in [7, 11) is -0.720. The molecule has 0 radical (unpaired) electrons. The van der Waals surface area contributed by atoms with Crippen molar-refractivity contribution in [1.29, 1.82) is 0 Å². The minimum absolute atomic E-state index is 0.0113. The molecule has 0 aromatic heterocycles. The molecule has 1 atom stereocenters. The van der Waals surface area contributed by atoms with Gasteiger partial charge in [0.15, 0.2) is 0 Å². The van der Waals surface area contributed by atoms with Crippen LogP contribution in [0.4, 0.5) is 11.4 Å². The summed E-state index contributed by atoms with van der Waals surface area (Å²) in [5.41, 5.74) is 1.14. The molecular formula is C20H22Cl2N4O4S. The number of benzene rings is 2. The van der Waals surface area contributed by atoms with E-state index in [4.69, 9.17) is 23.2 Å². The van der Waals surface area contributed by atoms with Gasteiger partial charge in [0.2, 0.25) is 15.9 Å². The molecule has 0 bridgehead atoms. The first-order chi connectivity index (χ1) is 14.7. The second-order valence-electron chi connectivity index (χ2n) is 6.97. The zero-order valence-corrected chi connectivity index (χ0v) is 19.2. The van der Waals surface area contributed by atoms with Crippen LogP contribution in [0.2, 0.25) is 10.0 Å². The Morgan fingerprint density at radius 3 is 2.32 bits per heavy atom. The molecule has 1 saturated heterocycles. The summed E-state index contributed by atoms with van der Waals surface area (Å²) < 4.78 is 26.5. The number of sulfonamides is 1. The third-order valence-corrected chi connectivity index (χ3v) is 6.87. The number of nitrogens with zero attached hydrogens (tertiary/aromatic N) is 1. The minimum Gasteiger partial charge on any atom is -0.386 e. The molecule has 8 nitrogen and oxygen atoms in total. The number of nitrogens with one attached hydrogen (secondary N) is 3. The molecule has 3 rings (SSSR count). The fraction of sp³-hybridized carbons (Fsp3) is 0.300. The number of amides is 2. The molecule has 0 saturated carbocycles. The third-order valence-electron chi connectivity index (χ3n) is 5.02. The Bertz CT molecular complexity index is 1100. The van der Waals surface area contributed by atoms with Gasteiger partial charge in [0.05, 0.1) is 16.3 Å². The molecule has 1 unspecified atom stereocenters. The standard InChI is InChI=1S/C20H22Cl2N4O4S/c1-23-16-6-5-15(31(29,30)24-2)11-17(16)25-19(27)18-4-3-7-26(18)20(28)12-8-13(21)10-14(22)9-12/h5-6,8-11,18,23-24H,3-4,7H2,1-2H3,(H,25,27). The monoisotopic (exact) mass is 484 g/mol. The summed E-state index contributed by atoms with van der Waals surface area (Å²) in [5, 5.41) is 6.34. The van der Waals surface area contributed by atoms with Crippen molar-refractivity contribution in [2.24, 2.45) is 0 Å². The summed E-state index contributed by atoms with van der Waals surface area (Å²) in [6.45, 7) is 0.411. The molecule has 31 heavy (non-hydrogen) atoms. The molecule has 0 aliphatic carbocycles. The van der Waals surface area contributed by atoms with Crippen LogP contribution in [0.15, 0.2) is 41.3 Å². The minimum atomic E-state index is -3.69.